The molecule has 3 aliphatic rings. The van der Waals surface area contributed by atoms with Crippen LogP contribution < -0.4 is 10.4 Å². The van der Waals surface area contributed by atoms with Gasteiger partial charge in [-0.3, -0.25) is 0 Å². The third-order valence-corrected chi connectivity index (χ3v) is 14.4. The largest absolute Gasteiger partial charge is 0.405 e. The van der Waals surface area contributed by atoms with Gasteiger partial charge in [-0.15, -0.1) is 0 Å². The third-order valence-electron chi connectivity index (χ3n) is 9.43. The first-order chi connectivity index (χ1) is 23.2. The molecule has 0 amide bonds. The fraction of sp³-hybridized carbons (Fsp3) is 0.636. The molecular formula is C33H48O15Si. The smallest absolute Gasteiger partial charge is 0.261 e. The van der Waals surface area contributed by atoms with Gasteiger partial charge in [0.1, 0.15) is 67.1 Å². The Kier molecular flexibility index (Phi) is 12.3. The number of hydrogen-bond acceptors (Lipinski definition) is 15. The van der Waals surface area contributed by atoms with Crippen molar-refractivity contribution in [2.24, 2.45) is 0 Å². The maximum absolute atomic E-state index is 11.7. The summed E-state index contributed by atoms with van der Waals surface area (Å²) >= 11 is 0. The van der Waals surface area contributed by atoms with Crippen LogP contribution in [0.5, 0.6) is 0 Å². The third kappa shape index (κ3) is 7.52. The van der Waals surface area contributed by atoms with Gasteiger partial charge in [0.25, 0.3) is 8.32 Å². The first-order valence-electron chi connectivity index (χ1n) is 16.3. The van der Waals surface area contributed by atoms with Crippen LogP contribution in [0.15, 0.2) is 60.7 Å². The number of aliphatic hydroxyl groups excluding tert-OH is 9. The fourth-order valence-corrected chi connectivity index (χ4v) is 11.3. The molecule has 14 atom stereocenters. The molecule has 0 unspecified atom stereocenters. The van der Waals surface area contributed by atoms with Gasteiger partial charge in [0.2, 0.25) is 0 Å². The van der Waals surface area contributed by atoms with Crippen molar-refractivity contribution in [3.05, 3.63) is 60.7 Å². The van der Waals surface area contributed by atoms with Crippen LogP contribution in [0.3, 0.4) is 0 Å². The Bertz CT molecular complexity index is 1270. The highest BCUT2D eigenvalue weighted by Crippen LogP contribution is 2.39. The summed E-state index contributed by atoms with van der Waals surface area (Å²) in [7, 11) is -3.14. The Labute approximate surface area is 284 Å². The maximum Gasteiger partial charge on any atom is 0.261 e. The molecule has 49 heavy (non-hydrogen) atoms. The van der Waals surface area contributed by atoms with Gasteiger partial charge in [0.05, 0.1) is 19.8 Å². The van der Waals surface area contributed by atoms with Crippen molar-refractivity contribution in [2.75, 3.05) is 19.8 Å². The van der Waals surface area contributed by atoms with E-state index in [1.165, 1.54) is 0 Å². The molecule has 0 aromatic heterocycles. The van der Waals surface area contributed by atoms with Crippen LogP contribution in [0.25, 0.3) is 0 Å². The number of rotatable bonds is 11. The molecule has 5 rings (SSSR count). The molecule has 2 aromatic rings. The standard InChI is InChI=1S/C33H48O15Si/c1-33(2,3)49(17-10-6-4-7-11-17,18-12-8-5-9-13-18)43-16-21-24(38)29(47-30-27(41)25(39)22(36)19(14-34)44-30)32(46-21)48-31-28(42)26(40)23(37)20(15-35)45-31/h4-13,19-32,34-42H,14-16H2,1-3H3/t19-,20-,21-,22-,23-,24-,25+,26+,27-,28-,29+,30+,31-,32+/m1/s1. The van der Waals surface area contributed by atoms with Gasteiger partial charge in [0.15, 0.2) is 18.9 Å². The van der Waals surface area contributed by atoms with E-state index in [9.17, 15) is 46.0 Å². The SMILES string of the molecule is CC(C)(C)[Si](OC[C@H]1O[C@@H](O[C@H]2O[C@H](CO)[C@@H](O)[C@H](O)[C@H]2O)[C@@H](O[C@@H]2O[C@H](CO)[C@@H](O)[C@H](O)[C@H]2O)[C@@H]1O)(c1ccccc1)c1ccccc1. The van der Waals surface area contributed by atoms with Crippen molar-refractivity contribution in [3.63, 3.8) is 0 Å². The lowest BCUT2D eigenvalue weighted by Crippen LogP contribution is -2.67. The summed E-state index contributed by atoms with van der Waals surface area (Å²) in [6.45, 7) is 4.56. The van der Waals surface area contributed by atoms with E-state index < -0.39 is 113 Å². The normalized spacial score (nSPS) is 38.9. The second-order valence-corrected chi connectivity index (χ2v) is 17.9. The molecule has 3 fully saturated rings. The second kappa shape index (κ2) is 15.7. The second-order valence-electron chi connectivity index (χ2n) is 13.6. The van der Waals surface area contributed by atoms with E-state index >= 15 is 0 Å². The minimum absolute atomic E-state index is 0.197. The summed E-state index contributed by atoms with van der Waals surface area (Å²) in [4.78, 5) is 0. The minimum atomic E-state index is -3.14. The molecule has 0 saturated carbocycles. The predicted molar refractivity (Wildman–Crippen MR) is 172 cm³/mol. The molecule has 2 aromatic carbocycles. The highest BCUT2D eigenvalue weighted by Gasteiger charge is 2.56. The van der Waals surface area contributed by atoms with Gasteiger partial charge in [-0.05, 0) is 15.4 Å². The monoisotopic (exact) mass is 712 g/mol. The van der Waals surface area contributed by atoms with Crippen LogP contribution in [0.1, 0.15) is 20.8 Å². The van der Waals surface area contributed by atoms with Crippen LogP contribution in [0, 0.1) is 0 Å². The summed E-state index contributed by atoms with van der Waals surface area (Å²) < 4.78 is 35.9. The molecule has 9 N–H and O–H groups in total. The maximum atomic E-state index is 11.7. The minimum Gasteiger partial charge on any atom is -0.405 e. The average Bonchev–Trinajstić information content (AvgIpc) is 3.38. The van der Waals surface area contributed by atoms with E-state index in [0.29, 0.717) is 0 Å². The van der Waals surface area contributed by atoms with E-state index in [0.717, 1.165) is 10.4 Å². The van der Waals surface area contributed by atoms with E-state index in [1.54, 1.807) is 0 Å². The highest BCUT2D eigenvalue weighted by molar-refractivity contribution is 6.99. The Morgan fingerprint density at radius 1 is 0.551 bits per heavy atom. The number of hydrogen-bond donors (Lipinski definition) is 9. The average molecular weight is 713 g/mol. The Morgan fingerprint density at radius 3 is 1.41 bits per heavy atom. The van der Waals surface area contributed by atoms with Crippen LogP contribution in [-0.2, 0) is 28.1 Å². The number of aliphatic hydroxyl groups is 9. The summed E-state index contributed by atoms with van der Waals surface area (Å²) in [6, 6.07) is 19.5. The summed E-state index contributed by atoms with van der Waals surface area (Å²) in [5.74, 6) is 0. The van der Waals surface area contributed by atoms with E-state index in [1.807, 2.05) is 60.7 Å². The molecule has 3 aliphatic heterocycles. The van der Waals surface area contributed by atoms with Crippen molar-refractivity contribution in [1.82, 2.24) is 0 Å². The van der Waals surface area contributed by atoms with Crippen molar-refractivity contribution >= 4 is 18.7 Å². The highest BCUT2D eigenvalue weighted by atomic mass is 28.4. The van der Waals surface area contributed by atoms with Crippen molar-refractivity contribution in [2.45, 2.75) is 112 Å². The topological polar surface area (TPSA) is 237 Å². The summed E-state index contributed by atoms with van der Waals surface area (Å²) in [6.07, 6.45) is -22.4. The Balaban J connectivity index is 1.46. The van der Waals surface area contributed by atoms with Gasteiger partial charge in [-0.1, -0.05) is 81.4 Å². The van der Waals surface area contributed by atoms with Crippen molar-refractivity contribution in [3.8, 4) is 0 Å². The molecule has 15 nitrogen and oxygen atoms in total. The summed E-state index contributed by atoms with van der Waals surface area (Å²) in [5.41, 5.74) is 0. The van der Waals surface area contributed by atoms with Crippen LogP contribution in [0.2, 0.25) is 5.04 Å². The number of ether oxygens (including phenoxy) is 5. The Hall–Kier alpha value is -1.94. The van der Waals surface area contributed by atoms with Crippen molar-refractivity contribution in [1.29, 1.82) is 0 Å². The molecule has 16 heteroatoms. The molecule has 0 aliphatic carbocycles. The van der Waals surface area contributed by atoms with E-state index in [2.05, 4.69) is 20.8 Å². The zero-order valence-electron chi connectivity index (χ0n) is 27.5. The van der Waals surface area contributed by atoms with Gasteiger partial charge in [0, 0.05) is 0 Å². The molecule has 3 heterocycles. The summed E-state index contributed by atoms with van der Waals surface area (Å²) in [5, 5.41) is 95.1. The molecule has 0 radical (unpaired) electrons. The molecule has 3 saturated heterocycles. The zero-order chi connectivity index (χ0) is 35.7. The van der Waals surface area contributed by atoms with Gasteiger partial charge >= 0.3 is 0 Å². The van der Waals surface area contributed by atoms with Crippen LogP contribution in [0.4, 0.5) is 0 Å². The predicted octanol–water partition coefficient (Wildman–Crippen LogP) is -3.35. The van der Waals surface area contributed by atoms with Gasteiger partial charge < -0.3 is 74.1 Å². The lowest BCUT2D eigenvalue weighted by Gasteiger charge is -2.43. The van der Waals surface area contributed by atoms with Crippen LogP contribution >= 0.6 is 0 Å². The lowest BCUT2D eigenvalue weighted by atomic mass is 9.99. The van der Waals surface area contributed by atoms with Gasteiger partial charge in [-0.25, -0.2) is 0 Å². The van der Waals surface area contributed by atoms with E-state index in [4.69, 9.17) is 28.1 Å². The fourth-order valence-electron chi connectivity index (χ4n) is 6.71. The van der Waals surface area contributed by atoms with Crippen LogP contribution in [-0.4, -0.2) is 160 Å². The zero-order valence-corrected chi connectivity index (χ0v) is 28.5. The quantitative estimate of drug-likeness (QED) is 0.104. The number of benzene rings is 2. The molecular weight excluding hydrogens is 664 g/mol. The lowest BCUT2D eigenvalue weighted by molar-refractivity contribution is -0.360. The molecule has 0 spiro atoms. The van der Waals surface area contributed by atoms with Gasteiger partial charge in [-0.2, -0.15) is 0 Å². The first-order valence-corrected chi connectivity index (χ1v) is 18.2. The van der Waals surface area contributed by atoms with E-state index in [-0.39, 0.29) is 6.61 Å². The first kappa shape index (κ1) is 38.3. The van der Waals surface area contributed by atoms with Crippen molar-refractivity contribution < 1.29 is 74.1 Å². The molecule has 274 valence electrons. The molecule has 0 bridgehead atoms. The Morgan fingerprint density at radius 2 is 0.980 bits per heavy atom.